The Morgan fingerprint density at radius 2 is 2.33 bits per heavy atom. The topological polar surface area (TPSA) is 46.3 Å². The normalized spacial score (nSPS) is 30.0. The van der Waals surface area contributed by atoms with E-state index in [0.29, 0.717) is 12.6 Å². The van der Waals surface area contributed by atoms with Crippen molar-refractivity contribution >= 4 is 5.91 Å². The van der Waals surface area contributed by atoms with Crippen molar-refractivity contribution in [2.24, 2.45) is 5.73 Å². The number of hydrogen-bond acceptors (Lipinski definition) is 2. The second kappa shape index (κ2) is 3.72. The molecule has 1 rings (SSSR count). The van der Waals surface area contributed by atoms with Crippen LogP contribution in [0.1, 0.15) is 19.8 Å². The first-order chi connectivity index (χ1) is 5.65. The van der Waals surface area contributed by atoms with E-state index in [1.165, 1.54) is 6.08 Å². The summed E-state index contributed by atoms with van der Waals surface area (Å²) in [6, 6.07) is 0.459. The van der Waals surface area contributed by atoms with Gasteiger partial charge in [-0.1, -0.05) is 6.58 Å². The molecule has 1 aliphatic heterocycles. The summed E-state index contributed by atoms with van der Waals surface area (Å²) >= 11 is 0. The minimum atomic E-state index is -0.00218. The van der Waals surface area contributed by atoms with Crippen LogP contribution in [0.15, 0.2) is 12.7 Å². The van der Waals surface area contributed by atoms with E-state index in [1.54, 1.807) is 4.90 Å². The third-order valence-electron chi connectivity index (χ3n) is 2.38. The lowest BCUT2D eigenvalue weighted by Crippen LogP contribution is -2.49. The van der Waals surface area contributed by atoms with Gasteiger partial charge in [0.2, 0.25) is 5.91 Å². The molecule has 0 radical (unpaired) electrons. The maximum atomic E-state index is 11.3. The maximum Gasteiger partial charge on any atom is 0.246 e. The van der Waals surface area contributed by atoms with Crippen LogP contribution in [0.3, 0.4) is 0 Å². The second-order valence-corrected chi connectivity index (χ2v) is 3.38. The van der Waals surface area contributed by atoms with Crippen LogP contribution < -0.4 is 5.73 Å². The minimum Gasteiger partial charge on any atom is -0.335 e. The predicted octanol–water partition coefficient (Wildman–Crippen LogP) is 0.511. The van der Waals surface area contributed by atoms with Crippen LogP contribution in [-0.4, -0.2) is 29.4 Å². The van der Waals surface area contributed by atoms with E-state index in [-0.39, 0.29) is 11.9 Å². The molecule has 1 amide bonds. The summed E-state index contributed by atoms with van der Waals surface area (Å²) in [4.78, 5) is 13.1. The van der Waals surface area contributed by atoms with Crippen molar-refractivity contribution in [1.29, 1.82) is 0 Å². The molecular weight excluding hydrogens is 152 g/mol. The highest BCUT2D eigenvalue weighted by Crippen LogP contribution is 2.15. The summed E-state index contributed by atoms with van der Waals surface area (Å²) < 4.78 is 0. The molecule has 2 atom stereocenters. The van der Waals surface area contributed by atoms with Crippen LogP contribution in [0.25, 0.3) is 0 Å². The molecule has 68 valence electrons. The first-order valence-electron chi connectivity index (χ1n) is 4.33. The molecule has 0 aromatic carbocycles. The maximum absolute atomic E-state index is 11.3. The Bertz CT molecular complexity index is 191. The molecule has 1 aliphatic rings. The molecule has 0 unspecified atom stereocenters. The number of likely N-dealkylation sites (tertiary alicyclic amines) is 1. The quantitative estimate of drug-likeness (QED) is 0.580. The van der Waals surface area contributed by atoms with Crippen molar-refractivity contribution in [3.63, 3.8) is 0 Å². The van der Waals surface area contributed by atoms with Crippen LogP contribution in [0.2, 0.25) is 0 Å². The van der Waals surface area contributed by atoms with Crippen molar-refractivity contribution in [3.05, 3.63) is 12.7 Å². The third-order valence-corrected chi connectivity index (χ3v) is 2.38. The zero-order chi connectivity index (χ0) is 9.14. The third kappa shape index (κ3) is 1.85. The van der Waals surface area contributed by atoms with Crippen molar-refractivity contribution in [3.8, 4) is 0 Å². The molecule has 0 aromatic heterocycles. The molecule has 3 heteroatoms. The lowest BCUT2D eigenvalue weighted by Gasteiger charge is -2.35. The lowest BCUT2D eigenvalue weighted by molar-refractivity contribution is -0.129. The summed E-state index contributed by atoms with van der Waals surface area (Å²) in [5, 5.41) is 0. The first kappa shape index (κ1) is 9.26. The Kier molecular flexibility index (Phi) is 2.87. The fraction of sp³-hybridized carbons (Fsp3) is 0.667. The molecule has 0 aromatic rings. The Morgan fingerprint density at radius 3 is 2.92 bits per heavy atom. The van der Waals surface area contributed by atoms with Gasteiger partial charge in [0.25, 0.3) is 0 Å². The van der Waals surface area contributed by atoms with Gasteiger partial charge >= 0.3 is 0 Å². The Labute approximate surface area is 73.2 Å². The van der Waals surface area contributed by atoms with Gasteiger partial charge in [-0.15, -0.1) is 0 Å². The average molecular weight is 168 g/mol. The first-order valence-corrected chi connectivity index (χ1v) is 4.33. The molecule has 0 spiro atoms. The van der Waals surface area contributed by atoms with Gasteiger partial charge in [0.15, 0.2) is 0 Å². The number of piperidine rings is 1. The predicted molar refractivity (Wildman–Crippen MR) is 48.6 cm³/mol. The molecule has 1 fully saturated rings. The zero-order valence-electron chi connectivity index (χ0n) is 7.49. The van der Waals surface area contributed by atoms with Crippen LogP contribution in [0.4, 0.5) is 0 Å². The summed E-state index contributed by atoms with van der Waals surface area (Å²) in [6.45, 7) is 6.18. The van der Waals surface area contributed by atoms with E-state index < -0.39 is 0 Å². The highest BCUT2D eigenvalue weighted by atomic mass is 16.2. The summed E-state index contributed by atoms with van der Waals surface area (Å²) in [5.74, 6) is -0.00218. The number of nitrogens with two attached hydrogens (primary N) is 1. The van der Waals surface area contributed by atoms with E-state index in [2.05, 4.69) is 6.58 Å². The SMILES string of the molecule is C=CC(=O)N1C[C@@H](N)CC[C@H]1C. The standard InChI is InChI=1S/C9H16N2O/c1-3-9(12)11-6-8(10)5-4-7(11)2/h3,7-8H,1,4-6,10H2,2H3/t7-,8+/m1/s1. The van der Waals surface area contributed by atoms with E-state index in [0.717, 1.165) is 12.8 Å². The second-order valence-electron chi connectivity index (χ2n) is 3.38. The molecule has 3 nitrogen and oxygen atoms in total. The molecule has 0 saturated carbocycles. The molecule has 1 saturated heterocycles. The van der Waals surface area contributed by atoms with Crippen molar-refractivity contribution in [2.45, 2.75) is 31.8 Å². The fourth-order valence-electron chi connectivity index (χ4n) is 1.56. The highest BCUT2D eigenvalue weighted by molar-refractivity contribution is 5.87. The minimum absolute atomic E-state index is 0.00218. The summed E-state index contributed by atoms with van der Waals surface area (Å²) in [6.07, 6.45) is 3.37. The van der Waals surface area contributed by atoms with Gasteiger partial charge in [-0.05, 0) is 25.8 Å². The number of carbonyl (C=O) groups is 1. The van der Waals surface area contributed by atoms with Gasteiger partial charge in [0, 0.05) is 18.6 Å². The molecule has 1 heterocycles. The van der Waals surface area contributed by atoms with Gasteiger partial charge in [0.1, 0.15) is 0 Å². The van der Waals surface area contributed by atoms with Gasteiger partial charge < -0.3 is 10.6 Å². The van der Waals surface area contributed by atoms with E-state index >= 15 is 0 Å². The van der Waals surface area contributed by atoms with Crippen LogP contribution in [-0.2, 0) is 4.79 Å². The van der Waals surface area contributed by atoms with Gasteiger partial charge in [0.05, 0.1) is 0 Å². The molecule has 0 aliphatic carbocycles. The Morgan fingerprint density at radius 1 is 1.67 bits per heavy atom. The molecule has 2 N–H and O–H groups in total. The Hall–Kier alpha value is -0.830. The number of amides is 1. The summed E-state index contributed by atoms with van der Waals surface area (Å²) in [7, 11) is 0. The van der Waals surface area contributed by atoms with Crippen molar-refractivity contribution in [2.75, 3.05) is 6.54 Å². The van der Waals surface area contributed by atoms with E-state index in [9.17, 15) is 4.79 Å². The van der Waals surface area contributed by atoms with E-state index in [1.807, 2.05) is 6.92 Å². The van der Waals surface area contributed by atoms with Crippen molar-refractivity contribution in [1.82, 2.24) is 4.90 Å². The number of nitrogens with zero attached hydrogens (tertiary/aromatic N) is 1. The summed E-state index contributed by atoms with van der Waals surface area (Å²) in [5.41, 5.74) is 5.75. The average Bonchev–Trinajstić information content (AvgIpc) is 2.08. The van der Waals surface area contributed by atoms with Gasteiger partial charge in [-0.3, -0.25) is 4.79 Å². The molecule has 0 bridgehead atoms. The highest BCUT2D eigenvalue weighted by Gasteiger charge is 2.25. The van der Waals surface area contributed by atoms with Crippen LogP contribution in [0.5, 0.6) is 0 Å². The smallest absolute Gasteiger partial charge is 0.246 e. The van der Waals surface area contributed by atoms with Crippen LogP contribution >= 0.6 is 0 Å². The fourth-order valence-corrected chi connectivity index (χ4v) is 1.56. The number of hydrogen-bond donors (Lipinski definition) is 1. The Balaban J connectivity index is 2.60. The van der Waals surface area contributed by atoms with Crippen LogP contribution in [0, 0.1) is 0 Å². The van der Waals surface area contributed by atoms with E-state index in [4.69, 9.17) is 5.73 Å². The number of carbonyl (C=O) groups excluding carboxylic acids is 1. The largest absolute Gasteiger partial charge is 0.335 e. The number of rotatable bonds is 1. The van der Waals surface area contributed by atoms with Crippen molar-refractivity contribution < 1.29 is 4.79 Å². The molecular formula is C9H16N2O. The van der Waals surface area contributed by atoms with Gasteiger partial charge in [-0.25, -0.2) is 0 Å². The molecule has 12 heavy (non-hydrogen) atoms. The zero-order valence-corrected chi connectivity index (χ0v) is 7.49. The monoisotopic (exact) mass is 168 g/mol. The lowest BCUT2D eigenvalue weighted by atomic mass is 10.00. The van der Waals surface area contributed by atoms with Gasteiger partial charge in [-0.2, -0.15) is 0 Å².